The standard InChI is InChI=1S/C29H34F4N5O3PS/c1-28(17-41-18-28)37-14-12-21(20(30)16-37)35-26-9-5-8-24-27(43-29(31,32)33)23(36-38(24)26)7-6-13-34-22-11-10-19(42(3,4)39)15-25(22)40-2/h5,8-11,15,20-21,34-35H,12-14,16-18H2,1-4H3/t20-,21+/m0/s1. The SMILES string of the molecule is COc1cc(P(C)(C)=O)ccc1NCC#Cc1nn2c(N[C@@H]3CCN(C4(C)COC4)C[C@@H]3F)cccc2c1SC(F)(F)F. The minimum absolute atomic E-state index is 0.0388. The zero-order valence-corrected chi connectivity index (χ0v) is 26.0. The number of nitrogens with one attached hydrogen (secondary N) is 2. The van der Waals surface area contributed by atoms with Crippen molar-refractivity contribution in [2.45, 2.75) is 41.5 Å². The number of anilines is 2. The molecule has 3 aromatic rings. The molecule has 5 rings (SSSR count). The molecule has 8 nitrogen and oxygen atoms in total. The number of halogens is 4. The van der Waals surface area contributed by atoms with E-state index < -0.39 is 24.9 Å². The summed E-state index contributed by atoms with van der Waals surface area (Å²) in [5.74, 6) is 6.49. The molecular weight excluding hydrogens is 605 g/mol. The third kappa shape index (κ3) is 7.09. The highest BCUT2D eigenvalue weighted by molar-refractivity contribution is 8.00. The van der Waals surface area contributed by atoms with Crippen LogP contribution in [0.3, 0.4) is 0 Å². The third-order valence-corrected chi connectivity index (χ3v) is 10.0. The zero-order chi connectivity index (χ0) is 31.0. The Balaban J connectivity index is 1.36. The number of aromatic nitrogens is 2. The van der Waals surface area contributed by atoms with E-state index in [1.807, 2.05) is 0 Å². The number of alkyl halides is 4. The van der Waals surface area contributed by atoms with Crippen molar-refractivity contribution in [3.8, 4) is 17.6 Å². The molecule has 0 aliphatic carbocycles. The highest BCUT2D eigenvalue weighted by Crippen LogP contribution is 2.41. The van der Waals surface area contributed by atoms with E-state index in [1.165, 1.54) is 17.7 Å². The average Bonchev–Trinajstić information content (AvgIpc) is 3.26. The number of fused-ring (bicyclic) bond motifs is 1. The van der Waals surface area contributed by atoms with Gasteiger partial charge < -0.3 is 24.7 Å². The molecule has 0 unspecified atom stereocenters. The van der Waals surface area contributed by atoms with Crippen LogP contribution in [0.4, 0.5) is 29.1 Å². The number of nitrogens with zero attached hydrogens (tertiary/aromatic N) is 3. The van der Waals surface area contributed by atoms with Gasteiger partial charge in [0.05, 0.1) is 54.5 Å². The van der Waals surface area contributed by atoms with Crippen LogP contribution < -0.4 is 20.7 Å². The molecule has 2 aliphatic rings. The van der Waals surface area contributed by atoms with Crippen molar-refractivity contribution in [2.24, 2.45) is 0 Å². The molecule has 2 N–H and O–H groups in total. The summed E-state index contributed by atoms with van der Waals surface area (Å²) < 4.78 is 80.5. The van der Waals surface area contributed by atoms with E-state index in [0.717, 1.165) is 0 Å². The topological polar surface area (TPSA) is 80.1 Å². The highest BCUT2D eigenvalue weighted by atomic mass is 32.2. The summed E-state index contributed by atoms with van der Waals surface area (Å²) >= 11 is -0.278. The van der Waals surface area contributed by atoms with Crippen molar-refractivity contribution in [1.29, 1.82) is 0 Å². The van der Waals surface area contributed by atoms with Crippen molar-refractivity contribution < 1.29 is 31.6 Å². The zero-order valence-electron chi connectivity index (χ0n) is 24.3. The van der Waals surface area contributed by atoms with Crippen LogP contribution in [-0.4, -0.2) is 91.1 Å². The van der Waals surface area contributed by atoms with Crippen LogP contribution >= 0.6 is 18.9 Å². The second kappa shape index (κ2) is 12.2. The fourth-order valence-corrected chi connectivity index (χ4v) is 6.75. The van der Waals surface area contributed by atoms with E-state index >= 15 is 4.39 Å². The maximum Gasteiger partial charge on any atom is 0.446 e. The van der Waals surface area contributed by atoms with Crippen LogP contribution in [0.15, 0.2) is 41.3 Å². The van der Waals surface area contributed by atoms with Gasteiger partial charge >= 0.3 is 5.51 Å². The molecule has 2 atom stereocenters. The number of ether oxygens (including phenoxy) is 2. The highest BCUT2D eigenvalue weighted by Gasteiger charge is 2.43. The molecule has 43 heavy (non-hydrogen) atoms. The summed E-state index contributed by atoms with van der Waals surface area (Å²) in [6.45, 7) is 7.54. The summed E-state index contributed by atoms with van der Waals surface area (Å²) in [7, 11) is -0.996. The number of pyridine rings is 1. The monoisotopic (exact) mass is 639 g/mol. The van der Waals surface area contributed by atoms with Crippen LogP contribution in [0.25, 0.3) is 5.52 Å². The van der Waals surface area contributed by atoms with Gasteiger partial charge in [0.1, 0.15) is 30.6 Å². The van der Waals surface area contributed by atoms with Gasteiger partial charge in [-0.2, -0.15) is 18.3 Å². The average molecular weight is 640 g/mol. The lowest BCUT2D eigenvalue weighted by molar-refractivity contribution is -0.142. The van der Waals surface area contributed by atoms with Crippen LogP contribution in [0, 0.1) is 11.8 Å². The largest absolute Gasteiger partial charge is 0.495 e. The maximum atomic E-state index is 15.3. The molecule has 2 fully saturated rings. The Morgan fingerprint density at radius 1 is 1.26 bits per heavy atom. The van der Waals surface area contributed by atoms with E-state index in [2.05, 4.69) is 39.4 Å². The summed E-state index contributed by atoms with van der Waals surface area (Å²) in [5.41, 5.74) is -3.94. The number of likely N-dealkylation sites (tertiary alicyclic amines) is 1. The number of thioether (sulfide) groups is 1. The summed E-state index contributed by atoms with van der Waals surface area (Å²) in [4.78, 5) is 1.97. The van der Waals surface area contributed by atoms with E-state index in [4.69, 9.17) is 9.47 Å². The number of methoxy groups -OCH3 is 1. The number of benzene rings is 1. The lowest BCUT2D eigenvalue weighted by atomic mass is 9.92. The van der Waals surface area contributed by atoms with Gasteiger partial charge in [-0.3, -0.25) is 4.90 Å². The minimum atomic E-state index is -4.56. The van der Waals surface area contributed by atoms with Gasteiger partial charge in [0.15, 0.2) is 0 Å². The first-order valence-corrected chi connectivity index (χ1v) is 17.2. The molecule has 2 aliphatic heterocycles. The van der Waals surface area contributed by atoms with E-state index in [9.17, 15) is 17.7 Å². The molecule has 14 heteroatoms. The fourth-order valence-electron chi connectivity index (χ4n) is 5.21. The van der Waals surface area contributed by atoms with Gasteiger partial charge in [-0.25, -0.2) is 8.91 Å². The van der Waals surface area contributed by atoms with Crippen LogP contribution in [0.2, 0.25) is 0 Å². The molecule has 0 spiro atoms. The van der Waals surface area contributed by atoms with Gasteiger partial charge in [0.25, 0.3) is 0 Å². The molecule has 2 aromatic heterocycles. The second-order valence-electron chi connectivity index (χ2n) is 11.3. The Bertz CT molecular complexity index is 1590. The van der Waals surface area contributed by atoms with E-state index in [1.54, 1.807) is 43.7 Å². The first-order valence-electron chi connectivity index (χ1n) is 13.7. The van der Waals surface area contributed by atoms with Gasteiger partial charge in [-0.1, -0.05) is 12.0 Å². The first kappa shape index (κ1) is 31.5. The molecule has 2 saturated heterocycles. The minimum Gasteiger partial charge on any atom is -0.495 e. The molecule has 0 bridgehead atoms. The predicted octanol–water partition coefficient (Wildman–Crippen LogP) is 5.28. The van der Waals surface area contributed by atoms with Gasteiger partial charge in [0, 0.05) is 18.4 Å². The summed E-state index contributed by atoms with van der Waals surface area (Å²) in [6.07, 6.45) is -0.658. The Morgan fingerprint density at radius 2 is 2.02 bits per heavy atom. The van der Waals surface area contributed by atoms with Crippen molar-refractivity contribution in [3.05, 3.63) is 42.1 Å². The number of hydrogen-bond acceptors (Lipinski definition) is 8. The Kier molecular flexibility index (Phi) is 8.96. The maximum absolute atomic E-state index is 15.3. The van der Waals surface area contributed by atoms with Crippen molar-refractivity contribution in [2.75, 3.05) is 63.9 Å². The second-order valence-corrected chi connectivity index (χ2v) is 15.6. The van der Waals surface area contributed by atoms with E-state index in [0.29, 0.717) is 48.7 Å². The lowest BCUT2D eigenvalue weighted by Crippen LogP contribution is -2.64. The molecule has 4 heterocycles. The molecule has 0 saturated carbocycles. The Morgan fingerprint density at radius 3 is 2.65 bits per heavy atom. The van der Waals surface area contributed by atoms with Gasteiger partial charge in [-0.05, 0) is 74.7 Å². The Labute approximate surface area is 252 Å². The smallest absolute Gasteiger partial charge is 0.446 e. The van der Waals surface area contributed by atoms with Crippen molar-refractivity contribution in [3.63, 3.8) is 0 Å². The van der Waals surface area contributed by atoms with Crippen molar-refractivity contribution >= 4 is 41.2 Å². The summed E-state index contributed by atoms with van der Waals surface area (Å²) in [6, 6.07) is 9.46. The van der Waals surface area contributed by atoms with Crippen LogP contribution in [0.1, 0.15) is 19.0 Å². The number of piperidine rings is 1. The lowest BCUT2D eigenvalue weighted by Gasteiger charge is -2.50. The molecule has 0 amide bonds. The Hall–Kier alpha value is -2.91. The molecule has 0 radical (unpaired) electrons. The van der Waals surface area contributed by atoms with Gasteiger partial charge in [0.2, 0.25) is 0 Å². The normalized spacial score (nSPS) is 20.7. The molecule has 1 aromatic carbocycles. The third-order valence-electron chi connectivity index (χ3n) is 7.68. The summed E-state index contributed by atoms with van der Waals surface area (Å²) in [5, 5.41) is 11.3. The van der Waals surface area contributed by atoms with Crippen LogP contribution in [0.5, 0.6) is 5.75 Å². The number of hydrogen-bond donors (Lipinski definition) is 2. The first-order chi connectivity index (χ1) is 20.3. The molecule has 232 valence electrons. The van der Waals surface area contributed by atoms with Crippen molar-refractivity contribution in [1.82, 2.24) is 14.5 Å². The van der Waals surface area contributed by atoms with Gasteiger partial charge in [-0.15, -0.1) is 0 Å². The molecular formula is C29H34F4N5O3PS. The predicted molar refractivity (Wildman–Crippen MR) is 162 cm³/mol. The van der Waals surface area contributed by atoms with Crippen LogP contribution in [-0.2, 0) is 9.30 Å². The fraction of sp³-hybridized carbons (Fsp3) is 0.483. The quantitative estimate of drug-likeness (QED) is 0.149. The number of rotatable bonds is 8. The van der Waals surface area contributed by atoms with E-state index in [-0.39, 0.29) is 46.5 Å².